The highest BCUT2D eigenvalue weighted by atomic mass is 79.9. The van der Waals surface area contributed by atoms with Gasteiger partial charge in [-0.05, 0) is 67.3 Å². The number of likely N-dealkylation sites (tertiary alicyclic amines) is 1. The van der Waals surface area contributed by atoms with Crippen molar-refractivity contribution < 1.29 is 4.79 Å². The van der Waals surface area contributed by atoms with E-state index in [1.54, 1.807) is 18.5 Å². The minimum absolute atomic E-state index is 0.0418. The molecule has 116 valence electrons. The summed E-state index contributed by atoms with van der Waals surface area (Å²) in [6.07, 6.45) is 10.8. The summed E-state index contributed by atoms with van der Waals surface area (Å²) < 4.78 is 0.830. The molecule has 21 heavy (non-hydrogen) atoms. The van der Waals surface area contributed by atoms with Crippen LogP contribution < -0.4 is 5.32 Å². The molecule has 0 aromatic carbocycles. The Bertz CT molecular complexity index is 447. The monoisotopic (exact) mass is 353 g/mol. The highest BCUT2D eigenvalue weighted by Gasteiger charge is 2.09. The van der Waals surface area contributed by atoms with E-state index in [2.05, 4.69) is 31.1 Å². The van der Waals surface area contributed by atoms with Gasteiger partial charge >= 0.3 is 0 Å². The lowest BCUT2D eigenvalue weighted by atomic mass is 10.1. The fraction of sp³-hybridized carbons (Fsp3) is 0.625. The topological polar surface area (TPSA) is 45.2 Å². The van der Waals surface area contributed by atoms with E-state index in [1.807, 2.05) is 0 Å². The van der Waals surface area contributed by atoms with Gasteiger partial charge in [-0.3, -0.25) is 9.78 Å². The number of aromatic nitrogens is 1. The molecule has 0 spiro atoms. The summed E-state index contributed by atoms with van der Waals surface area (Å²) in [5.41, 5.74) is 0.609. The third kappa shape index (κ3) is 6.14. The van der Waals surface area contributed by atoms with Crippen LogP contribution >= 0.6 is 15.9 Å². The van der Waals surface area contributed by atoms with E-state index in [0.29, 0.717) is 5.56 Å². The summed E-state index contributed by atoms with van der Waals surface area (Å²) in [6, 6.07) is 1.79. The molecule has 1 fully saturated rings. The second-order valence-electron chi connectivity index (χ2n) is 5.61. The van der Waals surface area contributed by atoms with Crippen molar-refractivity contribution in [1.29, 1.82) is 0 Å². The number of nitrogens with zero attached hydrogens (tertiary/aromatic N) is 2. The Hall–Kier alpha value is -0.940. The molecule has 5 heteroatoms. The number of halogens is 1. The smallest absolute Gasteiger partial charge is 0.252 e. The molecule has 0 radical (unpaired) electrons. The number of pyridine rings is 1. The number of rotatable bonds is 7. The maximum absolute atomic E-state index is 11.9. The van der Waals surface area contributed by atoms with Gasteiger partial charge in [-0.25, -0.2) is 0 Å². The minimum Gasteiger partial charge on any atom is -0.352 e. The molecule has 0 bridgehead atoms. The van der Waals surface area contributed by atoms with Crippen LogP contribution in [0, 0.1) is 0 Å². The first-order chi connectivity index (χ1) is 10.3. The van der Waals surface area contributed by atoms with E-state index in [-0.39, 0.29) is 5.91 Å². The first-order valence-corrected chi connectivity index (χ1v) is 8.66. The molecule has 1 aromatic rings. The fourth-order valence-electron chi connectivity index (χ4n) is 2.66. The molecular weight excluding hydrogens is 330 g/mol. The number of unbranched alkanes of at least 4 members (excludes halogenated alkanes) is 2. The van der Waals surface area contributed by atoms with Gasteiger partial charge in [0.05, 0.1) is 5.56 Å². The molecule has 0 saturated carbocycles. The van der Waals surface area contributed by atoms with Crippen LogP contribution in [0.1, 0.15) is 48.9 Å². The van der Waals surface area contributed by atoms with Crippen molar-refractivity contribution in [1.82, 2.24) is 15.2 Å². The summed E-state index contributed by atoms with van der Waals surface area (Å²) in [5, 5.41) is 2.95. The summed E-state index contributed by atoms with van der Waals surface area (Å²) in [4.78, 5) is 18.5. The highest BCUT2D eigenvalue weighted by molar-refractivity contribution is 9.10. The zero-order valence-corrected chi connectivity index (χ0v) is 14.1. The van der Waals surface area contributed by atoms with Gasteiger partial charge in [0, 0.05) is 23.4 Å². The van der Waals surface area contributed by atoms with Gasteiger partial charge in [0.25, 0.3) is 5.91 Å². The lowest BCUT2D eigenvalue weighted by Crippen LogP contribution is -2.30. The van der Waals surface area contributed by atoms with Gasteiger partial charge < -0.3 is 10.2 Å². The van der Waals surface area contributed by atoms with Crippen LogP contribution in [0.2, 0.25) is 0 Å². The van der Waals surface area contributed by atoms with Crippen molar-refractivity contribution in [3.05, 3.63) is 28.5 Å². The predicted octanol–water partition coefficient (Wildman–Crippen LogP) is 3.23. The third-order valence-electron chi connectivity index (χ3n) is 3.85. The molecule has 1 aliphatic rings. The molecule has 1 amide bonds. The first kappa shape index (κ1) is 16.4. The van der Waals surface area contributed by atoms with Crippen molar-refractivity contribution >= 4 is 21.8 Å². The van der Waals surface area contributed by atoms with Gasteiger partial charge in [-0.1, -0.05) is 12.8 Å². The molecule has 2 heterocycles. The van der Waals surface area contributed by atoms with E-state index in [4.69, 9.17) is 0 Å². The van der Waals surface area contributed by atoms with Gasteiger partial charge in [0.1, 0.15) is 0 Å². The van der Waals surface area contributed by atoms with E-state index < -0.39 is 0 Å². The molecule has 4 nitrogen and oxygen atoms in total. The number of piperidine rings is 1. The number of carbonyl (C=O) groups excluding carboxylic acids is 1. The van der Waals surface area contributed by atoms with Crippen molar-refractivity contribution in [2.75, 3.05) is 26.2 Å². The minimum atomic E-state index is -0.0418. The summed E-state index contributed by atoms with van der Waals surface area (Å²) in [6.45, 7) is 4.49. The third-order valence-corrected chi connectivity index (χ3v) is 4.29. The van der Waals surface area contributed by atoms with Gasteiger partial charge in [0.15, 0.2) is 0 Å². The molecule has 1 aromatic heterocycles. The van der Waals surface area contributed by atoms with Gasteiger partial charge in [0.2, 0.25) is 0 Å². The molecule has 1 saturated heterocycles. The second kappa shape index (κ2) is 9.15. The zero-order valence-electron chi connectivity index (χ0n) is 12.5. The highest BCUT2D eigenvalue weighted by Crippen LogP contribution is 2.10. The van der Waals surface area contributed by atoms with Gasteiger partial charge in [-0.15, -0.1) is 0 Å². The van der Waals surface area contributed by atoms with E-state index in [0.717, 1.165) is 17.4 Å². The Morgan fingerprint density at radius 1 is 1.19 bits per heavy atom. The Morgan fingerprint density at radius 3 is 2.76 bits per heavy atom. The number of hydrogen-bond donors (Lipinski definition) is 1. The van der Waals surface area contributed by atoms with Crippen molar-refractivity contribution in [3.63, 3.8) is 0 Å². The Kier molecular flexibility index (Phi) is 7.16. The van der Waals surface area contributed by atoms with Crippen LogP contribution in [0.15, 0.2) is 22.9 Å². The van der Waals surface area contributed by atoms with E-state index in [9.17, 15) is 4.79 Å². The van der Waals surface area contributed by atoms with E-state index in [1.165, 1.54) is 51.7 Å². The quantitative estimate of drug-likeness (QED) is 0.765. The zero-order chi connectivity index (χ0) is 14.9. The normalized spacial score (nSPS) is 15.9. The summed E-state index contributed by atoms with van der Waals surface area (Å²) in [7, 11) is 0. The summed E-state index contributed by atoms with van der Waals surface area (Å²) >= 11 is 3.32. The number of nitrogens with one attached hydrogen (secondary N) is 1. The lowest BCUT2D eigenvalue weighted by Gasteiger charge is -2.26. The predicted molar refractivity (Wildman–Crippen MR) is 88.4 cm³/mol. The standard InChI is InChI=1S/C16H24BrN3O/c17-15-11-14(12-18-13-15)16(21)19-7-3-1-4-8-20-9-5-2-6-10-20/h11-13H,1-10H2,(H,19,21). The van der Waals surface area contributed by atoms with E-state index >= 15 is 0 Å². The molecule has 0 aliphatic carbocycles. The fourth-order valence-corrected chi connectivity index (χ4v) is 3.03. The number of hydrogen-bond acceptors (Lipinski definition) is 3. The molecule has 2 rings (SSSR count). The number of amides is 1. The number of carbonyl (C=O) groups is 1. The van der Waals surface area contributed by atoms with Gasteiger partial charge in [-0.2, -0.15) is 0 Å². The van der Waals surface area contributed by atoms with Crippen molar-refractivity contribution in [3.8, 4) is 0 Å². The lowest BCUT2D eigenvalue weighted by molar-refractivity contribution is 0.0952. The van der Waals surface area contributed by atoms with Crippen LogP contribution in [0.3, 0.4) is 0 Å². The van der Waals surface area contributed by atoms with Crippen LogP contribution in [0.5, 0.6) is 0 Å². The molecule has 0 atom stereocenters. The second-order valence-corrected chi connectivity index (χ2v) is 6.53. The van der Waals surface area contributed by atoms with Crippen molar-refractivity contribution in [2.45, 2.75) is 38.5 Å². The largest absolute Gasteiger partial charge is 0.352 e. The Balaban J connectivity index is 1.54. The van der Waals surface area contributed by atoms with Crippen LogP contribution in [0.25, 0.3) is 0 Å². The molecule has 1 aliphatic heterocycles. The summed E-state index contributed by atoms with van der Waals surface area (Å²) in [5.74, 6) is -0.0418. The maximum atomic E-state index is 11.9. The SMILES string of the molecule is O=C(NCCCCCN1CCCCC1)c1cncc(Br)c1. The van der Waals surface area contributed by atoms with Crippen molar-refractivity contribution in [2.24, 2.45) is 0 Å². The maximum Gasteiger partial charge on any atom is 0.252 e. The average molecular weight is 354 g/mol. The molecular formula is C16H24BrN3O. The average Bonchev–Trinajstić information content (AvgIpc) is 2.51. The molecule has 0 unspecified atom stereocenters. The Morgan fingerprint density at radius 2 is 2.00 bits per heavy atom. The van der Waals surface area contributed by atoms with Crippen LogP contribution in [0.4, 0.5) is 0 Å². The van der Waals surface area contributed by atoms with Crippen LogP contribution in [-0.2, 0) is 0 Å². The van der Waals surface area contributed by atoms with Crippen LogP contribution in [-0.4, -0.2) is 42.0 Å². The first-order valence-electron chi connectivity index (χ1n) is 7.87. The molecule has 1 N–H and O–H groups in total. The Labute approximate surface area is 135 Å².